The van der Waals surface area contributed by atoms with Crippen LogP contribution in [0.15, 0.2) is 24.3 Å². The third-order valence-corrected chi connectivity index (χ3v) is 3.73. The topological polar surface area (TPSA) is 72.3 Å². The number of anilines is 1. The van der Waals surface area contributed by atoms with Gasteiger partial charge in [0.15, 0.2) is 0 Å². The van der Waals surface area contributed by atoms with Gasteiger partial charge in [-0.2, -0.15) is 0 Å². The van der Waals surface area contributed by atoms with Crippen LogP contribution in [0.3, 0.4) is 0 Å². The average Bonchev–Trinajstić information content (AvgIpc) is 2.38. The van der Waals surface area contributed by atoms with E-state index in [0.717, 1.165) is 25.1 Å². The molecule has 2 rings (SSSR count). The van der Waals surface area contributed by atoms with Crippen molar-refractivity contribution in [2.45, 2.75) is 25.8 Å². The molecule has 2 unspecified atom stereocenters. The Balaban J connectivity index is 2.32. The Labute approximate surface area is 108 Å². The molecule has 0 aromatic heterocycles. The summed E-state index contributed by atoms with van der Waals surface area (Å²) in [4.78, 5) is 13.7. The summed E-state index contributed by atoms with van der Waals surface area (Å²) in [7, 11) is 0. The molecule has 0 aliphatic carbocycles. The van der Waals surface area contributed by atoms with E-state index in [-0.39, 0.29) is 5.91 Å². The first-order valence-electron chi connectivity index (χ1n) is 6.49. The highest BCUT2D eigenvalue weighted by Crippen LogP contribution is 2.29. The third kappa shape index (κ3) is 2.48. The van der Waals surface area contributed by atoms with Gasteiger partial charge in [-0.25, -0.2) is 0 Å². The van der Waals surface area contributed by atoms with E-state index >= 15 is 0 Å². The zero-order chi connectivity index (χ0) is 13.1. The lowest BCUT2D eigenvalue weighted by atomic mass is 9.91. The van der Waals surface area contributed by atoms with E-state index in [1.54, 1.807) is 6.07 Å². The second kappa shape index (κ2) is 5.40. The zero-order valence-electron chi connectivity index (χ0n) is 10.8. The largest absolute Gasteiger partial charge is 0.367 e. The van der Waals surface area contributed by atoms with Crippen LogP contribution in [-0.4, -0.2) is 25.0 Å². The maximum atomic E-state index is 11.5. The fourth-order valence-electron chi connectivity index (χ4n) is 2.72. The monoisotopic (exact) mass is 247 g/mol. The second-order valence-corrected chi connectivity index (χ2v) is 5.09. The average molecular weight is 247 g/mol. The Morgan fingerprint density at radius 2 is 2.17 bits per heavy atom. The van der Waals surface area contributed by atoms with Crippen molar-refractivity contribution in [3.8, 4) is 0 Å². The lowest BCUT2D eigenvalue weighted by molar-refractivity contribution is 0.100. The molecule has 1 heterocycles. The van der Waals surface area contributed by atoms with Crippen LogP contribution in [0.2, 0.25) is 0 Å². The van der Waals surface area contributed by atoms with Crippen molar-refractivity contribution in [2.24, 2.45) is 17.4 Å². The molecule has 1 fully saturated rings. The van der Waals surface area contributed by atoms with Crippen LogP contribution < -0.4 is 16.4 Å². The first-order valence-corrected chi connectivity index (χ1v) is 6.49. The fraction of sp³-hybridized carbons (Fsp3) is 0.500. The summed E-state index contributed by atoms with van der Waals surface area (Å²) in [5.41, 5.74) is 12.8. The van der Waals surface area contributed by atoms with Crippen molar-refractivity contribution >= 4 is 11.6 Å². The van der Waals surface area contributed by atoms with Gasteiger partial charge in [-0.3, -0.25) is 4.79 Å². The minimum Gasteiger partial charge on any atom is -0.367 e. The number of carbonyl (C=O) groups is 1. The molecule has 0 spiro atoms. The molecule has 98 valence electrons. The molecule has 18 heavy (non-hydrogen) atoms. The number of para-hydroxylation sites is 1. The number of benzene rings is 1. The predicted octanol–water partition coefficient (Wildman–Crippen LogP) is 1.35. The standard InChI is InChI=1S/C14H21N3O/c1-10-6-7-17(11(8-10)9-15)13-5-3-2-4-12(13)14(16)18/h2-5,10-11H,6-9,15H2,1H3,(H2,16,18). The van der Waals surface area contributed by atoms with Crippen LogP contribution in [0.25, 0.3) is 0 Å². The van der Waals surface area contributed by atoms with Gasteiger partial charge in [0.2, 0.25) is 0 Å². The summed E-state index contributed by atoms with van der Waals surface area (Å²) in [6.07, 6.45) is 2.20. The molecule has 4 N–H and O–H groups in total. The van der Waals surface area contributed by atoms with Gasteiger partial charge in [-0.05, 0) is 30.9 Å². The van der Waals surface area contributed by atoms with E-state index in [0.29, 0.717) is 24.1 Å². The number of nitrogens with zero attached hydrogens (tertiary/aromatic N) is 1. The molecule has 0 saturated carbocycles. The highest BCUT2D eigenvalue weighted by Gasteiger charge is 2.27. The Morgan fingerprint density at radius 3 is 2.83 bits per heavy atom. The van der Waals surface area contributed by atoms with Gasteiger partial charge in [0, 0.05) is 24.8 Å². The van der Waals surface area contributed by atoms with Crippen LogP contribution >= 0.6 is 0 Å². The highest BCUT2D eigenvalue weighted by molar-refractivity contribution is 5.98. The summed E-state index contributed by atoms with van der Waals surface area (Å²) in [6.45, 7) is 3.80. The van der Waals surface area contributed by atoms with Gasteiger partial charge in [-0.1, -0.05) is 19.1 Å². The van der Waals surface area contributed by atoms with Crippen molar-refractivity contribution < 1.29 is 4.79 Å². The molecular formula is C14H21N3O. The number of piperidine rings is 1. The highest BCUT2D eigenvalue weighted by atomic mass is 16.1. The van der Waals surface area contributed by atoms with Gasteiger partial charge in [-0.15, -0.1) is 0 Å². The van der Waals surface area contributed by atoms with E-state index in [4.69, 9.17) is 11.5 Å². The van der Waals surface area contributed by atoms with Crippen molar-refractivity contribution in [1.82, 2.24) is 0 Å². The quantitative estimate of drug-likeness (QED) is 0.847. The third-order valence-electron chi connectivity index (χ3n) is 3.73. The molecule has 4 heteroatoms. The summed E-state index contributed by atoms with van der Waals surface area (Å²) < 4.78 is 0. The number of primary amides is 1. The molecule has 0 bridgehead atoms. The van der Waals surface area contributed by atoms with Gasteiger partial charge in [0.25, 0.3) is 5.91 Å². The van der Waals surface area contributed by atoms with E-state index in [9.17, 15) is 4.79 Å². The predicted molar refractivity (Wildman–Crippen MR) is 73.5 cm³/mol. The number of carbonyl (C=O) groups excluding carboxylic acids is 1. The van der Waals surface area contributed by atoms with Crippen molar-refractivity contribution in [1.29, 1.82) is 0 Å². The molecule has 1 aromatic rings. The lowest BCUT2D eigenvalue weighted by Crippen LogP contribution is -2.47. The van der Waals surface area contributed by atoms with Crippen LogP contribution in [0, 0.1) is 5.92 Å². The van der Waals surface area contributed by atoms with Crippen LogP contribution in [0.5, 0.6) is 0 Å². The number of nitrogens with two attached hydrogens (primary N) is 2. The molecular weight excluding hydrogens is 226 g/mol. The maximum absolute atomic E-state index is 11.5. The van der Waals surface area contributed by atoms with E-state index in [1.807, 2.05) is 18.2 Å². The van der Waals surface area contributed by atoms with Gasteiger partial charge in [0.1, 0.15) is 0 Å². The SMILES string of the molecule is CC1CCN(c2ccccc2C(N)=O)C(CN)C1. The van der Waals surface area contributed by atoms with Crippen molar-refractivity contribution in [3.05, 3.63) is 29.8 Å². The Hall–Kier alpha value is -1.55. The molecule has 4 nitrogen and oxygen atoms in total. The summed E-state index contributed by atoms with van der Waals surface area (Å²) in [5, 5.41) is 0. The molecule has 0 radical (unpaired) electrons. The number of hydrogen-bond donors (Lipinski definition) is 2. The first kappa shape index (κ1) is 12.9. The van der Waals surface area contributed by atoms with Gasteiger partial charge >= 0.3 is 0 Å². The number of amides is 1. The Kier molecular flexibility index (Phi) is 3.87. The fourth-order valence-corrected chi connectivity index (χ4v) is 2.72. The molecule has 1 amide bonds. The number of hydrogen-bond acceptors (Lipinski definition) is 3. The summed E-state index contributed by atoms with van der Waals surface area (Å²) in [6, 6.07) is 7.82. The molecule has 1 aliphatic heterocycles. The van der Waals surface area contributed by atoms with Crippen LogP contribution in [0.4, 0.5) is 5.69 Å². The minimum absolute atomic E-state index is 0.300. The first-order chi connectivity index (χ1) is 8.63. The molecule has 2 atom stereocenters. The normalized spacial score (nSPS) is 24.0. The number of rotatable bonds is 3. The molecule has 1 saturated heterocycles. The summed E-state index contributed by atoms with van der Waals surface area (Å²) in [5.74, 6) is 0.315. The van der Waals surface area contributed by atoms with Crippen LogP contribution in [-0.2, 0) is 0 Å². The minimum atomic E-state index is -0.375. The lowest BCUT2D eigenvalue weighted by Gasteiger charge is -2.40. The van der Waals surface area contributed by atoms with E-state index in [2.05, 4.69) is 11.8 Å². The van der Waals surface area contributed by atoms with Crippen LogP contribution in [0.1, 0.15) is 30.1 Å². The summed E-state index contributed by atoms with van der Waals surface area (Å²) >= 11 is 0. The van der Waals surface area contributed by atoms with E-state index < -0.39 is 0 Å². The molecule has 1 aromatic carbocycles. The Bertz CT molecular complexity index is 433. The van der Waals surface area contributed by atoms with E-state index in [1.165, 1.54) is 0 Å². The van der Waals surface area contributed by atoms with Crippen molar-refractivity contribution in [3.63, 3.8) is 0 Å². The second-order valence-electron chi connectivity index (χ2n) is 5.09. The zero-order valence-corrected chi connectivity index (χ0v) is 10.8. The van der Waals surface area contributed by atoms with Crippen molar-refractivity contribution in [2.75, 3.05) is 18.0 Å². The van der Waals surface area contributed by atoms with Gasteiger partial charge in [0.05, 0.1) is 5.56 Å². The smallest absolute Gasteiger partial charge is 0.250 e. The maximum Gasteiger partial charge on any atom is 0.250 e. The molecule has 1 aliphatic rings. The Morgan fingerprint density at radius 1 is 1.44 bits per heavy atom. The van der Waals surface area contributed by atoms with Gasteiger partial charge < -0.3 is 16.4 Å².